The third-order valence-corrected chi connectivity index (χ3v) is 6.07. The molecule has 2 aromatic carbocycles. The van der Waals surface area contributed by atoms with Gasteiger partial charge in [0.1, 0.15) is 0 Å². The molecule has 2 aromatic rings. The summed E-state index contributed by atoms with van der Waals surface area (Å²) in [5.41, 5.74) is 1.56. The first kappa shape index (κ1) is 11.0. The minimum atomic E-state index is -1.65. The van der Waals surface area contributed by atoms with E-state index in [9.17, 15) is 0 Å². The second-order valence-electron chi connectivity index (χ2n) is 3.69. The number of benzene rings is 2. The molecule has 1 atom stereocenters. The van der Waals surface area contributed by atoms with Gasteiger partial charge in [-0.05, 0) is 16.3 Å². The maximum Gasteiger partial charge on any atom is 0.244 e. The largest absolute Gasteiger partial charge is 0.244 e. The van der Waals surface area contributed by atoms with Gasteiger partial charge >= 0.3 is 0 Å². The molecule has 0 spiro atoms. The zero-order valence-corrected chi connectivity index (χ0v) is 11.1. The summed E-state index contributed by atoms with van der Waals surface area (Å²) < 4.78 is 0. The summed E-state index contributed by atoms with van der Waals surface area (Å²) in [5, 5.41) is 2.52. The molecule has 0 saturated carbocycles. The predicted molar refractivity (Wildman–Crippen MR) is 71.2 cm³/mol. The van der Waals surface area contributed by atoms with Crippen molar-refractivity contribution in [3.8, 4) is 0 Å². The van der Waals surface area contributed by atoms with Crippen LogP contribution in [0.2, 0.25) is 0 Å². The van der Waals surface area contributed by atoms with E-state index in [0.29, 0.717) is 5.54 Å². The Morgan fingerprint density at radius 1 is 1.00 bits per heavy atom. The Bertz CT molecular complexity index is 463. The van der Waals surface area contributed by atoms with Crippen molar-refractivity contribution >= 4 is 40.3 Å². The molecular formula is C12H12Cl2Si. The van der Waals surface area contributed by atoms with Gasteiger partial charge in [0.05, 0.1) is 0 Å². The SMILES string of the molecule is CC(c1cccc2ccccc12)[SiH](Cl)Cl. The Labute approximate surface area is 101 Å². The predicted octanol–water partition coefficient (Wildman–Crippen LogP) is 4.18. The molecule has 0 bridgehead atoms. The Morgan fingerprint density at radius 2 is 1.67 bits per heavy atom. The van der Waals surface area contributed by atoms with Gasteiger partial charge in [-0.3, -0.25) is 0 Å². The number of hydrogen-bond acceptors (Lipinski definition) is 0. The highest BCUT2D eigenvalue weighted by Crippen LogP contribution is 2.29. The molecule has 0 aromatic heterocycles. The summed E-state index contributed by atoms with van der Waals surface area (Å²) in [6.45, 7) is 2.11. The second kappa shape index (κ2) is 4.56. The third-order valence-electron chi connectivity index (χ3n) is 2.69. The molecule has 1 unspecified atom stereocenters. The van der Waals surface area contributed by atoms with Crippen molar-refractivity contribution in [2.24, 2.45) is 0 Å². The molecule has 0 heterocycles. The average molecular weight is 255 g/mol. The van der Waals surface area contributed by atoms with Gasteiger partial charge in [-0.25, -0.2) is 0 Å². The summed E-state index contributed by atoms with van der Waals surface area (Å²) in [6, 6.07) is 14.7. The number of hydrogen-bond donors (Lipinski definition) is 0. The van der Waals surface area contributed by atoms with Crippen LogP contribution in [0.1, 0.15) is 18.0 Å². The van der Waals surface area contributed by atoms with E-state index >= 15 is 0 Å². The van der Waals surface area contributed by atoms with Crippen molar-refractivity contribution in [1.82, 2.24) is 0 Å². The van der Waals surface area contributed by atoms with Gasteiger partial charge in [-0.15, -0.1) is 22.2 Å². The topological polar surface area (TPSA) is 0 Å². The van der Waals surface area contributed by atoms with Crippen LogP contribution >= 0.6 is 22.2 Å². The Balaban J connectivity index is 2.60. The van der Waals surface area contributed by atoms with Gasteiger partial charge < -0.3 is 0 Å². The fourth-order valence-electron chi connectivity index (χ4n) is 1.78. The fourth-order valence-corrected chi connectivity index (χ4v) is 3.16. The van der Waals surface area contributed by atoms with E-state index < -0.39 is 7.42 Å². The highest BCUT2D eigenvalue weighted by atomic mass is 35.7. The normalized spacial score (nSPS) is 13.3. The van der Waals surface area contributed by atoms with Gasteiger partial charge in [-0.1, -0.05) is 49.4 Å². The molecule has 0 fully saturated rings. The van der Waals surface area contributed by atoms with E-state index in [-0.39, 0.29) is 0 Å². The van der Waals surface area contributed by atoms with Crippen LogP contribution < -0.4 is 0 Å². The number of fused-ring (bicyclic) bond motifs is 1. The van der Waals surface area contributed by atoms with E-state index in [2.05, 4.69) is 43.3 Å². The number of rotatable bonds is 2. The van der Waals surface area contributed by atoms with Crippen LogP contribution in [0, 0.1) is 0 Å². The lowest BCUT2D eigenvalue weighted by atomic mass is 10.0. The van der Waals surface area contributed by atoms with Crippen LogP contribution in [0.25, 0.3) is 10.8 Å². The lowest BCUT2D eigenvalue weighted by Gasteiger charge is -2.14. The van der Waals surface area contributed by atoms with E-state index in [1.54, 1.807) is 0 Å². The summed E-state index contributed by atoms with van der Waals surface area (Å²) >= 11 is 12.1. The summed E-state index contributed by atoms with van der Waals surface area (Å²) in [6.07, 6.45) is 0. The van der Waals surface area contributed by atoms with Crippen LogP contribution in [-0.2, 0) is 0 Å². The van der Waals surface area contributed by atoms with Gasteiger partial charge in [0, 0.05) is 5.54 Å². The zero-order valence-electron chi connectivity index (χ0n) is 8.45. The maximum absolute atomic E-state index is 6.07. The molecule has 78 valence electrons. The highest BCUT2D eigenvalue weighted by molar-refractivity contribution is 7.34. The Hall–Kier alpha value is -0.503. The molecule has 0 aliphatic rings. The quantitative estimate of drug-likeness (QED) is 0.557. The van der Waals surface area contributed by atoms with Crippen molar-refractivity contribution in [2.45, 2.75) is 12.5 Å². The summed E-state index contributed by atoms with van der Waals surface area (Å²) in [5.74, 6) is 0. The average Bonchev–Trinajstić information content (AvgIpc) is 2.27. The van der Waals surface area contributed by atoms with E-state index in [1.165, 1.54) is 16.3 Å². The van der Waals surface area contributed by atoms with Crippen molar-refractivity contribution in [3.05, 3.63) is 48.0 Å². The van der Waals surface area contributed by atoms with E-state index in [4.69, 9.17) is 22.2 Å². The molecule has 0 saturated heterocycles. The van der Waals surface area contributed by atoms with Crippen LogP contribution in [0.4, 0.5) is 0 Å². The third kappa shape index (κ3) is 2.20. The van der Waals surface area contributed by atoms with Crippen LogP contribution in [0.5, 0.6) is 0 Å². The first-order chi connectivity index (χ1) is 7.20. The molecule has 0 N–H and O–H groups in total. The highest BCUT2D eigenvalue weighted by Gasteiger charge is 2.17. The Morgan fingerprint density at radius 3 is 2.40 bits per heavy atom. The zero-order chi connectivity index (χ0) is 10.8. The van der Waals surface area contributed by atoms with Gasteiger partial charge in [0.15, 0.2) is 0 Å². The molecule has 0 aliphatic carbocycles. The lowest BCUT2D eigenvalue weighted by Crippen LogP contribution is -2.07. The molecule has 0 nitrogen and oxygen atoms in total. The van der Waals surface area contributed by atoms with Crippen LogP contribution in [-0.4, -0.2) is 7.42 Å². The second-order valence-corrected chi connectivity index (χ2v) is 8.85. The van der Waals surface area contributed by atoms with Crippen molar-refractivity contribution in [2.75, 3.05) is 0 Å². The van der Waals surface area contributed by atoms with Crippen LogP contribution in [0.3, 0.4) is 0 Å². The molecule has 0 radical (unpaired) electrons. The summed E-state index contributed by atoms with van der Waals surface area (Å²) in [4.78, 5) is 0. The fraction of sp³-hybridized carbons (Fsp3) is 0.167. The molecule has 0 amide bonds. The molecule has 3 heteroatoms. The summed E-state index contributed by atoms with van der Waals surface area (Å²) in [7, 11) is -1.65. The van der Waals surface area contributed by atoms with Crippen molar-refractivity contribution in [1.29, 1.82) is 0 Å². The van der Waals surface area contributed by atoms with Crippen molar-refractivity contribution in [3.63, 3.8) is 0 Å². The first-order valence-electron chi connectivity index (χ1n) is 4.96. The monoisotopic (exact) mass is 254 g/mol. The van der Waals surface area contributed by atoms with Crippen molar-refractivity contribution < 1.29 is 0 Å². The molecular weight excluding hydrogens is 243 g/mol. The lowest BCUT2D eigenvalue weighted by molar-refractivity contribution is 1.09. The Kier molecular flexibility index (Phi) is 3.34. The molecule has 0 aliphatic heterocycles. The minimum Gasteiger partial charge on any atom is -0.150 e. The first-order valence-corrected chi connectivity index (χ1v) is 9.12. The standard InChI is InChI=1S/C12H12Cl2Si/c1-9(15(13)14)11-8-4-6-10-5-2-3-7-12(10)11/h2-9,15H,1H3. The van der Waals surface area contributed by atoms with Gasteiger partial charge in [0.25, 0.3) is 0 Å². The molecule has 2 rings (SSSR count). The minimum absolute atomic E-state index is 0.291. The van der Waals surface area contributed by atoms with Crippen LogP contribution in [0.15, 0.2) is 42.5 Å². The smallest absolute Gasteiger partial charge is 0.150 e. The van der Waals surface area contributed by atoms with Gasteiger partial charge in [-0.2, -0.15) is 0 Å². The molecule has 15 heavy (non-hydrogen) atoms. The van der Waals surface area contributed by atoms with Gasteiger partial charge in [0.2, 0.25) is 7.42 Å². The number of halogens is 2. The van der Waals surface area contributed by atoms with E-state index in [1.807, 2.05) is 6.07 Å². The maximum atomic E-state index is 6.07. The van der Waals surface area contributed by atoms with E-state index in [0.717, 1.165) is 0 Å².